The van der Waals surface area contributed by atoms with Crippen LogP contribution >= 0.6 is 23.1 Å². The number of urea groups is 1. The molecule has 0 unspecified atom stereocenters. The van der Waals surface area contributed by atoms with Crippen molar-refractivity contribution in [1.82, 2.24) is 20.2 Å². The number of rotatable bonds is 3. The first kappa shape index (κ1) is 16.2. The Bertz CT molecular complexity index is 802. The number of carbonyl (C=O) groups excluding carboxylic acids is 2. The van der Waals surface area contributed by atoms with E-state index in [2.05, 4.69) is 29.1 Å². The quantitative estimate of drug-likeness (QED) is 0.680. The molecule has 2 aromatic rings. The van der Waals surface area contributed by atoms with E-state index in [-0.39, 0.29) is 17.2 Å². The van der Waals surface area contributed by atoms with E-state index in [1.54, 1.807) is 11.3 Å². The van der Waals surface area contributed by atoms with Gasteiger partial charge in [0, 0.05) is 23.4 Å². The summed E-state index contributed by atoms with van der Waals surface area (Å²) in [7, 11) is 0. The highest BCUT2D eigenvalue weighted by atomic mass is 32.2. The Labute approximate surface area is 142 Å². The standard InChI is InChI=1S/C15H18N4O2S2/c1-7-8(2)22-12-11(7)13(18-10(4)17-12)23-9(3)14(20)19-6-5-16-15(19)21/h9H,5-6H2,1-4H3,(H,16,21)/t9-/m1/s1. The van der Waals surface area contributed by atoms with Crippen LogP contribution in [0.3, 0.4) is 0 Å². The molecule has 6 nitrogen and oxygen atoms in total. The fourth-order valence-corrected chi connectivity index (χ4v) is 4.77. The highest BCUT2D eigenvalue weighted by Crippen LogP contribution is 2.36. The molecule has 1 aliphatic rings. The minimum absolute atomic E-state index is 0.181. The number of thiophene rings is 1. The molecule has 3 heterocycles. The molecule has 0 spiro atoms. The van der Waals surface area contributed by atoms with Gasteiger partial charge in [-0.2, -0.15) is 0 Å². The number of carbonyl (C=O) groups is 2. The summed E-state index contributed by atoms with van der Waals surface area (Å²) in [4.78, 5) is 36.6. The molecule has 0 bridgehead atoms. The lowest BCUT2D eigenvalue weighted by molar-refractivity contribution is -0.126. The van der Waals surface area contributed by atoms with Gasteiger partial charge in [-0.05, 0) is 33.3 Å². The van der Waals surface area contributed by atoms with Crippen LogP contribution in [0.1, 0.15) is 23.2 Å². The summed E-state index contributed by atoms with van der Waals surface area (Å²) in [6, 6.07) is -0.311. The Kier molecular flexibility index (Phi) is 4.29. The van der Waals surface area contributed by atoms with E-state index in [4.69, 9.17) is 0 Å². The number of thioether (sulfide) groups is 1. The van der Waals surface area contributed by atoms with Crippen LogP contribution in [0, 0.1) is 20.8 Å². The number of hydrogen-bond donors (Lipinski definition) is 1. The van der Waals surface area contributed by atoms with Gasteiger partial charge < -0.3 is 5.32 Å². The number of aromatic nitrogens is 2. The Morgan fingerprint density at radius 1 is 1.35 bits per heavy atom. The molecule has 1 saturated heterocycles. The first-order chi connectivity index (χ1) is 10.9. The van der Waals surface area contributed by atoms with Crippen LogP contribution in [-0.4, -0.2) is 45.1 Å². The number of nitrogens with one attached hydrogen (secondary N) is 1. The van der Waals surface area contributed by atoms with Crippen LogP contribution < -0.4 is 5.32 Å². The molecule has 0 aliphatic carbocycles. The van der Waals surface area contributed by atoms with Crippen molar-refractivity contribution in [2.24, 2.45) is 0 Å². The lowest BCUT2D eigenvalue weighted by Gasteiger charge is -2.17. The van der Waals surface area contributed by atoms with Gasteiger partial charge in [0.1, 0.15) is 15.7 Å². The molecule has 2 aromatic heterocycles. The zero-order valence-corrected chi connectivity index (χ0v) is 15.1. The summed E-state index contributed by atoms with van der Waals surface area (Å²) in [5.41, 5.74) is 1.16. The average molecular weight is 350 g/mol. The smallest absolute Gasteiger partial charge is 0.324 e. The molecule has 23 heavy (non-hydrogen) atoms. The molecule has 3 rings (SSSR count). The van der Waals surface area contributed by atoms with E-state index in [1.807, 2.05) is 13.8 Å². The Morgan fingerprint density at radius 3 is 2.74 bits per heavy atom. The summed E-state index contributed by atoms with van der Waals surface area (Å²) in [5.74, 6) is 0.513. The van der Waals surface area contributed by atoms with Crippen molar-refractivity contribution in [2.75, 3.05) is 13.1 Å². The number of imide groups is 1. The third-order valence-electron chi connectivity index (χ3n) is 3.87. The zero-order chi connectivity index (χ0) is 16.7. The summed E-state index contributed by atoms with van der Waals surface area (Å²) in [6.07, 6.45) is 0. The van der Waals surface area contributed by atoms with Gasteiger partial charge in [0.05, 0.1) is 5.25 Å². The molecule has 122 valence electrons. The van der Waals surface area contributed by atoms with Crippen molar-refractivity contribution in [3.63, 3.8) is 0 Å². The van der Waals surface area contributed by atoms with Crippen LogP contribution in [0.5, 0.6) is 0 Å². The zero-order valence-electron chi connectivity index (χ0n) is 13.5. The predicted molar refractivity (Wildman–Crippen MR) is 92.1 cm³/mol. The highest BCUT2D eigenvalue weighted by Gasteiger charge is 2.31. The topological polar surface area (TPSA) is 75.2 Å². The molecule has 1 N–H and O–H groups in total. The van der Waals surface area contributed by atoms with Crippen molar-refractivity contribution in [3.8, 4) is 0 Å². The maximum atomic E-state index is 12.5. The number of fused-ring (bicyclic) bond motifs is 1. The molecular formula is C15H18N4O2S2. The Hall–Kier alpha value is -1.67. The maximum absolute atomic E-state index is 12.5. The molecule has 8 heteroatoms. The highest BCUT2D eigenvalue weighted by molar-refractivity contribution is 8.00. The number of amides is 3. The Morgan fingerprint density at radius 2 is 2.09 bits per heavy atom. The van der Waals surface area contributed by atoms with E-state index in [1.165, 1.54) is 21.5 Å². The summed E-state index contributed by atoms with van der Waals surface area (Å²) < 4.78 is 0. The van der Waals surface area contributed by atoms with Gasteiger partial charge in [-0.3, -0.25) is 9.69 Å². The van der Waals surface area contributed by atoms with Gasteiger partial charge in [0.15, 0.2) is 0 Å². The van der Waals surface area contributed by atoms with Gasteiger partial charge >= 0.3 is 6.03 Å². The predicted octanol–water partition coefficient (Wildman–Crippen LogP) is 2.65. The van der Waals surface area contributed by atoms with Crippen molar-refractivity contribution in [2.45, 2.75) is 38.0 Å². The van der Waals surface area contributed by atoms with Crippen molar-refractivity contribution < 1.29 is 9.59 Å². The van der Waals surface area contributed by atoms with Gasteiger partial charge in [-0.25, -0.2) is 14.8 Å². The van der Waals surface area contributed by atoms with E-state index in [0.717, 1.165) is 20.8 Å². The van der Waals surface area contributed by atoms with E-state index >= 15 is 0 Å². The van der Waals surface area contributed by atoms with E-state index < -0.39 is 0 Å². The molecule has 1 aliphatic heterocycles. The second kappa shape index (κ2) is 6.09. The largest absolute Gasteiger partial charge is 0.336 e. The van der Waals surface area contributed by atoms with Crippen molar-refractivity contribution >= 4 is 45.3 Å². The van der Waals surface area contributed by atoms with E-state index in [9.17, 15) is 9.59 Å². The van der Waals surface area contributed by atoms with Crippen LogP contribution in [0.15, 0.2) is 5.03 Å². The minimum Gasteiger partial charge on any atom is -0.336 e. The van der Waals surface area contributed by atoms with Crippen LogP contribution in [0.25, 0.3) is 10.2 Å². The molecule has 0 aromatic carbocycles. The second-order valence-corrected chi connectivity index (χ2v) is 8.05. The molecule has 3 amide bonds. The molecule has 0 radical (unpaired) electrons. The monoisotopic (exact) mass is 350 g/mol. The fourth-order valence-electron chi connectivity index (χ4n) is 2.52. The van der Waals surface area contributed by atoms with Crippen molar-refractivity contribution in [1.29, 1.82) is 0 Å². The van der Waals surface area contributed by atoms with Crippen molar-refractivity contribution in [3.05, 3.63) is 16.3 Å². The summed E-state index contributed by atoms with van der Waals surface area (Å²) in [6.45, 7) is 8.73. The SMILES string of the molecule is Cc1nc(S[C@H](C)C(=O)N2CCNC2=O)c2c(C)c(C)sc2n1. The number of aryl methyl sites for hydroxylation is 3. The van der Waals surface area contributed by atoms with Gasteiger partial charge in [-0.15, -0.1) is 11.3 Å². The summed E-state index contributed by atoms with van der Waals surface area (Å²) >= 11 is 3.04. The van der Waals surface area contributed by atoms with Gasteiger partial charge in [0.2, 0.25) is 5.91 Å². The minimum atomic E-state index is -0.379. The summed E-state index contributed by atoms with van der Waals surface area (Å²) in [5, 5.41) is 4.11. The van der Waals surface area contributed by atoms with Crippen LogP contribution in [0.2, 0.25) is 0 Å². The molecular weight excluding hydrogens is 332 g/mol. The first-order valence-corrected chi connectivity index (χ1v) is 9.08. The van der Waals surface area contributed by atoms with E-state index in [0.29, 0.717) is 18.9 Å². The van der Waals surface area contributed by atoms with Crippen LogP contribution in [-0.2, 0) is 4.79 Å². The van der Waals surface area contributed by atoms with Crippen LogP contribution in [0.4, 0.5) is 4.79 Å². The maximum Gasteiger partial charge on any atom is 0.324 e. The average Bonchev–Trinajstić information content (AvgIpc) is 3.02. The molecule has 0 saturated carbocycles. The lowest BCUT2D eigenvalue weighted by atomic mass is 10.2. The fraction of sp³-hybridized carbons (Fsp3) is 0.467. The second-order valence-electron chi connectivity index (χ2n) is 5.52. The lowest BCUT2D eigenvalue weighted by Crippen LogP contribution is -2.38. The molecule has 1 atom stereocenters. The number of hydrogen-bond acceptors (Lipinski definition) is 6. The number of nitrogens with zero attached hydrogens (tertiary/aromatic N) is 3. The first-order valence-electron chi connectivity index (χ1n) is 7.38. The normalized spacial score (nSPS) is 16.0. The Balaban J connectivity index is 1.91. The molecule has 1 fully saturated rings. The van der Waals surface area contributed by atoms with Gasteiger partial charge in [-0.1, -0.05) is 11.8 Å². The third-order valence-corrected chi connectivity index (χ3v) is 6.04. The third kappa shape index (κ3) is 2.92. The van der Waals surface area contributed by atoms with Gasteiger partial charge in [0.25, 0.3) is 0 Å².